The van der Waals surface area contributed by atoms with E-state index in [1.807, 2.05) is 18.7 Å². The van der Waals surface area contributed by atoms with Crippen molar-refractivity contribution in [2.75, 3.05) is 19.6 Å². The zero-order valence-corrected chi connectivity index (χ0v) is 14.1. The molecule has 2 heterocycles. The van der Waals surface area contributed by atoms with Crippen LogP contribution < -0.4 is 5.73 Å². The second kappa shape index (κ2) is 7.45. The quantitative estimate of drug-likeness (QED) is 0.848. The minimum Gasteiger partial charge on any atom is -0.338 e. The molecule has 3 unspecified atom stereocenters. The first-order chi connectivity index (χ1) is 9.45. The van der Waals surface area contributed by atoms with E-state index in [2.05, 4.69) is 6.92 Å². The number of rotatable bonds is 4. The molecular formula is C15H28ClN3O2. The van der Waals surface area contributed by atoms with Crippen molar-refractivity contribution < 1.29 is 9.59 Å². The van der Waals surface area contributed by atoms with Crippen molar-refractivity contribution in [1.82, 2.24) is 9.80 Å². The molecule has 21 heavy (non-hydrogen) atoms. The van der Waals surface area contributed by atoms with Crippen LogP contribution in [-0.2, 0) is 9.59 Å². The third kappa shape index (κ3) is 3.69. The molecule has 3 atom stereocenters. The fourth-order valence-corrected chi connectivity index (χ4v) is 3.53. The lowest BCUT2D eigenvalue weighted by molar-refractivity contribution is -0.145. The Balaban J connectivity index is 0.00000220. The van der Waals surface area contributed by atoms with Crippen LogP contribution in [0.3, 0.4) is 0 Å². The molecular weight excluding hydrogens is 290 g/mol. The number of hydrogen-bond acceptors (Lipinski definition) is 3. The van der Waals surface area contributed by atoms with Gasteiger partial charge in [0.15, 0.2) is 0 Å². The molecule has 0 saturated carbocycles. The van der Waals surface area contributed by atoms with Gasteiger partial charge >= 0.3 is 0 Å². The van der Waals surface area contributed by atoms with Crippen LogP contribution in [0.5, 0.6) is 0 Å². The molecule has 2 N–H and O–H groups in total. The summed E-state index contributed by atoms with van der Waals surface area (Å²) in [4.78, 5) is 28.6. The molecule has 2 rings (SSSR count). The highest BCUT2D eigenvalue weighted by Gasteiger charge is 2.41. The Kier molecular flexibility index (Phi) is 6.47. The number of carbonyl (C=O) groups excluding carboxylic acids is 2. The van der Waals surface area contributed by atoms with Crippen LogP contribution in [0, 0.1) is 11.8 Å². The highest BCUT2D eigenvalue weighted by Crippen LogP contribution is 2.27. The van der Waals surface area contributed by atoms with Crippen molar-refractivity contribution in [3.05, 3.63) is 0 Å². The summed E-state index contributed by atoms with van der Waals surface area (Å²) in [6.45, 7) is 8.21. The summed E-state index contributed by atoms with van der Waals surface area (Å²) in [5.74, 6) is 0.780. The first kappa shape index (κ1) is 18.2. The van der Waals surface area contributed by atoms with Crippen LogP contribution >= 0.6 is 12.4 Å². The molecule has 0 radical (unpaired) electrons. The standard InChI is InChI=1S/C15H27N3O2.ClH/c1-10(2)14(17-6-4-5-13(17)19)15(20)18-9-12(8-16)7-11(18)3;/h10-12,14H,4-9,16H2,1-3H3;1H. The average Bonchev–Trinajstić information content (AvgIpc) is 2.96. The number of likely N-dealkylation sites (tertiary alicyclic amines) is 2. The normalized spacial score (nSPS) is 27.2. The minimum atomic E-state index is -0.302. The number of halogens is 1. The van der Waals surface area contributed by atoms with Gasteiger partial charge in [-0.2, -0.15) is 0 Å². The third-order valence-corrected chi connectivity index (χ3v) is 4.61. The van der Waals surface area contributed by atoms with Crippen LogP contribution in [0.25, 0.3) is 0 Å². The lowest BCUT2D eigenvalue weighted by Crippen LogP contribution is -2.52. The number of nitrogens with two attached hydrogens (primary N) is 1. The second-order valence-electron chi connectivity index (χ2n) is 6.56. The Morgan fingerprint density at radius 3 is 2.52 bits per heavy atom. The van der Waals surface area contributed by atoms with Crippen LogP contribution in [0.1, 0.15) is 40.0 Å². The number of carbonyl (C=O) groups is 2. The summed E-state index contributed by atoms with van der Waals surface area (Å²) in [7, 11) is 0. The van der Waals surface area contributed by atoms with Gasteiger partial charge in [0.1, 0.15) is 6.04 Å². The lowest BCUT2D eigenvalue weighted by atomic mass is 10.0. The van der Waals surface area contributed by atoms with E-state index in [-0.39, 0.29) is 42.2 Å². The summed E-state index contributed by atoms with van der Waals surface area (Å²) in [5.41, 5.74) is 5.74. The van der Waals surface area contributed by atoms with Gasteiger partial charge in [-0.3, -0.25) is 9.59 Å². The highest BCUT2D eigenvalue weighted by atomic mass is 35.5. The van der Waals surface area contributed by atoms with E-state index in [0.29, 0.717) is 18.9 Å². The molecule has 2 aliphatic rings. The molecule has 2 fully saturated rings. The maximum Gasteiger partial charge on any atom is 0.245 e. The maximum atomic E-state index is 12.9. The molecule has 2 saturated heterocycles. The van der Waals surface area contributed by atoms with E-state index >= 15 is 0 Å². The van der Waals surface area contributed by atoms with Gasteiger partial charge in [0, 0.05) is 25.6 Å². The van der Waals surface area contributed by atoms with Crippen LogP contribution in [-0.4, -0.2) is 53.3 Å². The zero-order valence-electron chi connectivity index (χ0n) is 13.2. The fraction of sp³-hybridized carbons (Fsp3) is 0.867. The van der Waals surface area contributed by atoms with Gasteiger partial charge in [0.25, 0.3) is 0 Å². The largest absolute Gasteiger partial charge is 0.338 e. The van der Waals surface area contributed by atoms with Crippen molar-refractivity contribution >= 4 is 24.2 Å². The van der Waals surface area contributed by atoms with Gasteiger partial charge in [-0.25, -0.2) is 0 Å². The second-order valence-corrected chi connectivity index (χ2v) is 6.56. The minimum absolute atomic E-state index is 0. The first-order valence-corrected chi connectivity index (χ1v) is 7.75. The number of nitrogens with zero attached hydrogens (tertiary/aromatic N) is 2. The Labute approximate surface area is 133 Å². The van der Waals surface area contributed by atoms with E-state index in [0.717, 1.165) is 25.9 Å². The Bertz CT molecular complexity index is 389. The molecule has 0 aliphatic carbocycles. The Morgan fingerprint density at radius 2 is 2.10 bits per heavy atom. The molecule has 0 aromatic heterocycles. The van der Waals surface area contributed by atoms with Crippen molar-refractivity contribution in [2.45, 2.75) is 52.1 Å². The Hall–Kier alpha value is -0.810. The van der Waals surface area contributed by atoms with Gasteiger partial charge in [-0.05, 0) is 38.1 Å². The smallest absolute Gasteiger partial charge is 0.245 e. The van der Waals surface area contributed by atoms with Crippen LogP contribution in [0.15, 0.2) is 0 Å². The lowest BCUT2D eigenvalue weighted by Gasteiger charge is -2.34. The molecule has 6 heteroatoms. The summed E-state index contributed by atoms with van der Waals surface area (Å²) in [6, 6.07) is -0.0704. The zero-order chi connectivity index (χ0) is 14.9. The SMILES string of the molecule is CC(C)C(C(=O)N1CC(CN)CC1C)N1CCCC1=O.Cl. The molecule has 0 spiro atoms. The van der Waals surface area contributed by atoms with Gasteiger partial charge in [-0.15, -0.1) is 12.4 Å². The van der Waals surface area contributed by atoms with Crippen molar-refractivity contribution in [3.63, 3.8) is 0 Å². The molecule has 2 aliphatic heterocycles. The van der Waals surface area contributed by atoms with E-state index in [1.54, 1.807) is 4.90 Å². The van der Waals surface area contributed by atoms with Gasteiger partial charge in [0.05, 0.1) is 0 Å². The summed E-state index contributed by atoms with van der Waals surface area (Å²) < 4.78 is 0. The first-order valence-electron chi connectivity index (χ1n) is 7.75. The van der Waals surface area contributed by atoms with E-state index in [4.69, 9.17) is 5.73 Å². The third-order valence-electron chi connectivity index (χ3n) is 4.61. The average molecular weight is 318 g/mol. The monoisotopic (exact) mass is 317 g/mol. The van der Waals surface area contributed by atoms with E-state index in [1.165, 1.54) is 0 Å². The van der Waals surface area contributed by atoms with Crippen molar-refractivity contribution in [3.8, 4) is 0 Å². The molecule has 0 bridgehead atoms. The van der Waals surface area contributed by atoms with Crippen molar-refractivity contribution in [2.24, 2.45) is 17.6 Å². The molecule has 0 aromatic rings. The van der Waals surface area contributed by atoms with Gasteiger partial charge < -0.3 is 15.5 Å². The van der Waals surface area contributed by atoms with E-state index in [9.17, 15) is 9.59 Å². The number of amides is 2. The summed E-state index contributed by atoms with van der Waals surface area (Å²) in [5, 5.41) is 0. The molecule has 2 amide bonds. The predicted molar refractivity (Wildman–Crippen MR) is 85.2 cm³/mol. The molecule has 122 valence electrons. The van der Waals surface area contributed by atoms with E-state index < -0.39 is 0 Å². The van der Waals surface area contributed by atoms with Gasteiger partial charge in [-0.1, -0.05) is 13.8 Å². The van der Waals surface area contributed by atoms with Gasteiger partial charge in [0.2, 0.25) is 11.8 Å². The highest BCUT2D eigenvalue weighted by molar-refractivity contribution is 5.89. The molecule has 0 aromatic carbocycles. The van der Waals surface area contributed by atoms with Crippen molar-refractivity contribution in [1.29, 1.82) is 0 Å². The predicted octanol–water partition coefficient (Wildman–Crippen LogP) is 1.25. The van der Waals surface area contributed by atoms with Crippen LogP contribution in [0.2, 0.25) is 0 Å². The topological polar surface area (TPSA) is 66.6 Å². The maximum absolute atomic E-state index is 12.9. The Morgan fingerprint density at radius 1 is 1.43 bits per heavy atom. The summed E-state index contributed by atoms with van der Waals surface area (Å²) >= 11 is 0. The summed E-state index contributed by atoms with van der Waals surface area (Å²) in [6.07, 6.45) is 2.43. The van der Waals surface area contributed by atoms with Crippen LogP contribution in [0.4, 0.5) is 0 Å². The number of hydrogen-bond donors (Lipinski definition) is 1. The fourth-order valence-electron chi connectivity index (χ4n) is 3.53. The molecule has 5 nitrogen and oxygen atoms in total.